The summed E-state index contributed by atoms with van der Waals surface area (Å²) in [5.74, 6) is 0. The molecule has 0 unspecified atom stereocenters. The molecule has 2 rings (SSSR count). The van der Waals surface area contributed by atoms with E-state index in [0.717, 1.165) is 21.4 Å². The topological polar surface area (TPSA) is 28.7 Å². The fraction of sp³-hybridized carbons (Fsp3) is 0.182. The summed E-state index contributed by atoms with van der Waals surface area (Å²) >= 11 is 3.52. The highest BCUT2D eigenvalue weighted by Gasteiger charge is 2.02. The van der Waals surface area contributed by atoms with Crippen LogP contribution >= 0.6 is 15.9 Å². The Kier molecular flexibility index (Phi) is 2.42. The average Bonchev–Trinajstić information content (AvgIpc) is 2.57. The molecule has 1 heterocycles. The minimum atomic E-state index is 1.01. The molecule has 3 heteroatoms. The Bertz CT molecular complexity index is 460. The first-order valence-corrected chi connectivity index (χ1v) is 5.24. The summed E-state index contributed by atoms with van der Waals surface area (Å²) in [5.41, 5.74) is 4.47. The van der Waals surface area contributed by atoms with Gasteiger partial charge in [-0.15, -0.1) is 0 Å². The molecule has 0 amide bonds. The van der Waals surface area contributed by atoms with E-state index in [4.69, 9.17) is 0 Å². The van der Waals surface area contributed by atoms with E-state index in [9.17, 15) is 0 Å². The van der Waals surface area contributed by atoms with E-state index in [0.29, 0.717) is 0 Å². The van der Waals surface area contributed by atoms with E-state index < -0.39 is 0 Å². The first kappa shape index (κ1) is 9.46. The van der Waals surface area contributed by atoms with Crippen molar-refractivity contribution < 1.29 is 0 Å². The van der Waals surface area contributed by atoms with Gasteiger partial charge in [0.25, 0.3) is 0 Å². The van der Waals surface area contributed by atoms with Gasteiger partial charge in [-0.3, -0.25) is 5.10 Å². The maximum absolute atomic E-state index is 4.10. The Hall–Kier alpha value is -1.09. The van der Waals surface area contributed by atoms with Crippen molar-refractivity contribution in [2.45, 2.75) is 13.8 Å². The van der Waals surface area contributed by atoms with Crippen molar-refractivity contribution in [3.05, 3.63) is 40.0 Å². The Balaban J connectivity index is 2.47. The number of benzene rings is 1. The SMILES string of the molecule is Cc1cc(-c2ccc(C)c(Br)c2)[nH]n1. The predicted molar refractivity (Wildman–Crippen MR) is 61.2 cm³/mol. The first-order chi connectivity index (χ1) is 6.66. The molecule has 72 valence electrons. The summed E-state index contributed by atoms with van der Waals surface area (Å²) in [6.45, 7) is 4.05. The lowest BCUT2D eigenvalue weighted by Gasteiger charge is -2.01. The second-order valence-corrected chi connectivity index (χ2v) is 4.24. The number of H-pyrrole nitrogens is 1. The monoisotopic (exact) mass is 250 g/mol. The summed E-state index contributed by atoms with van der Waals surface area (Å²) < 4.78 is 1.13. The van der Waals surface area contributed by atoms with Gasteiger partial charge in [0.15, 0.2) is 0 Å². The van der Waals surface area contributed by atoms with Crippen molar-refractivity contribution in [2.24, 2.45) is 0 Å². The minimum Gasteiger partial charge on any atom is -0.278 e. The van der Waals surface area contributed by atoms with Crippen LogP contribution in [0.2, 0.25) is 0 Å². The number of hydrogen-bond acceptors (Lipinski definition) is 1. The van der Waals surface area contributed by atoms with Crippen LogP contribution in [0.5, 0.6) is 0 Å². The van der Waals surface area contributed by atoms with Gasteiger partial charge in [0.05, 0.1) is 11.4 Å². The van der Waals surface area contributed by atoms with Crippen LogP contribution in [0.3, 0.4) is 0 Å². The van der Waals surface area contributed by atoms with Gasteiger partial charge >= 0.3 is 0 Å². The van der Waals surface area contributed by atoms with Gasteiger partial charge in [0.1, 0.15) is 0 Å². The highest BCUT2D eigenvalue weighted by atomic mass is 79.9. The molecule has 0 aliphatic heterocycles. The molecule has 0 saturated carbocycles. The van der Waals surface area contributed by atoms with Crippen molar-refractivity contribution in [3.63, 3.8) is 0 Å². The Morgan fingerprint density at radius 3 is 2.57 bits per heavy atom. The summed E-state index contributed by atoms with van der Waals surface area (Å²) in [6.07, 6.45) is 0. The van der Waals surface area contributed by atoms with E-state index >= 15 is 0 Å². The molecule has 0 aliphatic rings. The van der Waals surface area contributed by atoms with Crippen molar-refractivity contribution in [1.82, 2.24) is 10.2 Å². The fourth-order valence-corrected chi connectivity index (χ4v) is 1.71. The fourth-order valence-electron chi connectivity index (χ4n) is 1.33. The zero-order valence-electron chi connectivity index (χ0n) is 8.13. The average molecular weight is 251 g/mol. The third-order valence-electron chi connectivity index (χ3n) is 2.19. The number of nitrogens with one attached hydrogen (secondary N) is 1. The number of rotatable bonds is 1. The van der Waals surface area contributed by atoms with Gasteiger partial charge in [-0.25, -0.2) is 0 Å². The molecule has 2 aromatic rings. The standard InChI is InChI=1S/C11H11BrN2/c1-7-3-4-9(6-10(7)12)11-5-8(2)13-14-11/h3-6H,1-2H3,(H,13,14). The molecule has 0 fully saturated rings. The third-order valence-corrected chi connectivity index (χ3v) is 3.04. The molecular weight excluding hydrogens is 240 g/mol. The molecule has 14 heavy (non-hydrogen) atoms. The molecule has 0 radical (unpaired) electrons. The Morgan fingerprint density at radius 1 is 1.21 bits per heavy atom. The van der Waals surface area contributed by atoms with Crippen LogP contribution in [0.1, 0.15) is 11.3 Å². The first-order valence-electron chi connectivity index (χ1n) is 4.45. The van der Waals surface area contributed by atoms with Crippen molar-refractivity contribution >= 4 is 15.9 Å². The zero-order chi connectivity index (χ0) is 10.1. The van der Waals surface area contributed by atoms with E-state index in [-0.39, 0.29) is 0 Å². The summed E-state index contributed by atoms with van der Waals surface area (Å²) in [5, 5.41) is 7.10. The van der Waals surface area contributed by atoms with E-state index in [1.165, 1.54) is 5.56 Å². The molecule has 0 spiro atoms. The van der Waals surface area contributed by atoms with Crippen LogP contribution < -0.4 is 0 Å². The van der Waals surface area contributed by atoms with Crippen LogP contribution in [-0.4, -0.2) is 10.2 Å². The van der Waals surface area contributed by atoms with Crippen molar-refractivity contribution in [1.29, 1.82) is 0 Å². The normalized spacial score (nSPS) is 10.5. The third kappa shape index (κ3) is 1.73. The van der Waals surface area contributed by atoms with Gasteiger partial charge in [-0.2, -0.15) is 5.10 Å². The Labute approximate surface area is 91.5 Å². The second kappa shape index (κ2) is 3.58. The summed E-state index contributed by atoms with van der Waals surface area (Å²) in [6, 6.07) is 8.32. The molecule has 1 aromatic carbocycles. The van der Waals surface area contributed by atoms with E-state index in [1.54, 1.807) is 0 Å². The maximum Gasteiger partial charge on any atom is 0.0653 e. The summed E-state index contributed by atoms with van der Waals surface area (Å²) in [7, 11) is 0. The van der Waals surface area contributed by atoms with Crippen LogP contribution in [0.4, 0.5) is 0 Å². The quantitative estimate of drug-likeness (QED) is 0.826. The molecule has 1 aromatic heterocycles. The molecule has 0 saturated heterocycles. The zero-order valence-corrected chi connectivity index (χ0v) is 9.72. The molecule has 0 bridgehead atoms. The van der Waals surface area contributed by atoms with Gasteiger partial charge in [-0.05, 0) is 31.5 Å². The summed E-state index contributed by atoms with van der Waals surface area (Å²) in [4.78, 5) is 0. The lowest BCUT2D eigenvalue weighted by molar-refractivity contribution is 1.05. The smallest absolute Gasteiger partial charge is 0.0653 e. The lowest BCUT2D eigenvalue weighted by atomic mass is 10.1. The van der Waals surface area contributed by atoms with Gasteiger partial charge < -0.3 is 0 Å². The predicted octanol–water partition coefficient (Wildman–Crippen LogP) is 3.46. The molecule has 2 nitrogen and oxygen atoms in total. The largest absolute Gasteiger partial charge is 0.278 e. The van der Waals surface area contributed by atoms with Gasteiger partial charge in [0, 0.05) is 10.0 Å². The number of aryl methyl sites for hydroxylation is 2. The van der Waals surface area contributed by atoms with Crippen LogP contribution in [0, 0.1) is 13.8 Å². The Morgan fingerprint density at radius 2 is 2.00 bits per heavy atom. The highest BCUT2D eigenvalue weighted by Crippen LogP contribution is 2.24. The van der Waals surface area contributed by atoms with Crippen LogP contribution in [-0.2, 0) is 0 Å². The molecule has 0 atom stereocenters. The number of aromatic nitrogens is 2. The number of halogens is 1. The number of aromatic amines is 1. The second-order valence-electron chi connectivity index (χ2n) is 3.39. The van der Waals surface area contributed by atoms with Gasteiger partial charge in [0.2, 0.25) is 0 Å². The van der Waals surface area contributed by atoms with E-state index in [1.807, 2.05) is 13.0 Å². The molecule has 1 N–H and O–H groups in total. The van der Waals surface area contributed by atoms with E-state index in [2.05, 4.69) is 51.3 Å². The van der Waals surface area contributed by atoms with Crippen molar-refractivity contribution in [3.8, 4) is 11.3 Å². The lowest BCUT2D eigenvalue weighted by Crippen LogP contribution is -1.80. The number of hydrogen-bond donors (Lipinski definition) is 1. The van der Waals surface area contributed by atoms with Gasteiger partial charge in [-0.1, -0.05) is 28.1 Å². The molecular formula is C11H11BrN2. The molecule has 0 aliphatic carbocycles. The van der Waals surface area contributed by atoms with Crippen molar-refractivity contribution in [2.75, 3.05) is 0 Å². The van der Waals surface area contributed by atoms with Crippen LogP contribution in [0.15, 0.2) is 28.7 Å². The highest BCUT2D eigenvalue weighted by molar-refractivity contribution is 9.10. The van der Waals surface area contributed by atoms with Crippen LogP contribution in [0.25, 0.3) is 11.3 Å². The maximum atomic E-state index is 4.10. The number of nitrogens with zero attached hydrogens (tertiary/aromatic N) is 1. The minimum absolute atomic E-state index is 1.01.